The Balaban J connectivity index is 1.56. The van der Waals surface area contributed by atoms with Gasteiger partial charge in [0.25, 0.3) is 0 Å². The van der Waals surface area contributed by atoms with Crippen LogP contribution in [0.4, 0.5) is 5.69 Å². The smallest absolute Gasteiger partial charge is 0.155 e. The van der Waals surface area contributed by atoms with Crippen molar-refractivity contribution in [3.05, 3.63) is 31.0 Å². The molecule has 3 rings (SSSR count). The minimum absolute atomic E-state index is 0.726. The average molecular weight is 272 g/mol. The van der Waals surface area contributed by atoms with E-state index in [0.29, 0.717) is 0 Å². The molecule has 1 fully saturated rings. The molecule has 0 saturated carbocycles. The highest BCUT2D eigenvalue weighted by molar-refractivity contribution is 5.43. The van der Waals surface area contributed by atoms with E-state index in [4.69, 9.17) is 0 Å². The Morgan fingerprint density at radius 2 is 2.35 bits per heavy atom. The van der Waals surface area contributed by atoms with Crippen molar-refractivity contribution in [1.82, 2.24) is 24.6 Å². The fourth-order valence-electron chi connectivity index (χ4n) is 2.65. The van der Waals surface area contributed by atoms with Gasteiger partial charge in [-0.1, -0.05) is 0 Å². The number of nitrogens with zero attached hydrogens (tertiary/aromatic N) is 5. The van der Waals surface area contributed by atoms with Gasteiger partial charge in [-0.05, 0) is 44.5 Å². The molecule has 20 heavy (non-hydrogen) atoms. The molecule has 0 bridgehead atoms. The van der Waals surface area contributed by atoms with E-state index in [9.17, 15) is 0 Å². The standard InChI is InChI=1S/C14H20N6/c1-19-6-2-3-12(9-19)7-16-13-4-5-14(17-8-13)20-11-15-10-18-20/h4-5,8,10-12,16H,2-3,6-7,9H2,1H3. The molecule has 1 atom stereocenters. The van der Waals surface area contributed by atoms with Gasteiger partial charge in [0.2, 0.25) is 0 Å². The number of hydrogen-bond donors (Lipinski definition) is 1. The van der Waals surface area contributed by atoms with E-state index in [2.05, 4.69) is 32.3 Å². The molecule has 1 aliphatic rings. The third-order valence-electron chi connectivity index (χ3n) is 3.72. The number of hydrogen-bond acceptors (Lipinski definition) is 5. The third kappa shape index (κ3) is 3.14. The van der Waals surface area contributed by atoms with Crippen molar-refractivity contribution in [2.75, 3.05) is 32.0 Å². The van der Waals surface area contributed by atoms with Crippen LogP contribution in [-0.4, -0.2) is 51.3 Å². The SMILES string of the molecule is CN1CCCC(CNc2ccc(-n3cncn3)nc2)C1. The first kappa shape index (κ1) is 13.1. The monoisotopic (exact) mass is 272 g/mol. The van der Waals surface area contributed by atoms with Crippen molar-refractivity contribution >= 4 is 5.69 Å². The van der Waals surface area contributed by atoms with Crippen LogP contribution in [0.2, 0.25) is 0 Å². The summed E-state index contributed by atoms with van der Waals surface area (Å²) in [6.07, 6.45) is 7.61. The van der Waals surface area contributed by atoms with Gasteiger partial charge in [0.05, 0.1) is 11.9 Å². The first-order chi connectivity index (χ1) is 9.81. The zero-order valence-corrected chi connectivity index (χ0v) is 11.7. The van der Waals surface area contributed by atoms with Gasteiger partial charge in [-0.15, -0.1) is 0 Å². The van der Waals surface area contributed by atoms with Crippen molar-refractivity contribution in [3.63, 3.8) is 0 Å². The van der Waals surface area contributed by atoms with Crippen LogP contribution in [0.15, 0.2) is 31.0 Å². The first-order valence-corrected chi connectivity index (χ1v) is 7.05. The molecular formula is C14H20N6. The number of pyridine rings is 1. The lowest BCUT2D eigenvalue weighted by Crippen LogP contribution is -2.35. The molecule has 0 aromatic carbocycles. The molecule has 1 unspecified atom stereocenters. The Kier molecular flexibility index (Phi) is 3.92. The van der Waals surface area contributed by atoms with Gasteiger partial charge in [0.1, 0.15) is 12.7 Å². The van der Waals surface area contributed by atoms with Crippen molar-refractivity contribution < 1.29 is 0 Å². The van der Waals surface area contributed by atoms with Gasteiger partial charge in [0, 0.05) is 13.1 Å². The zero-order valence-electron chi connectivity index (χ0n) is 11.7. The molecule has 3 heterocycles. The summed E-state index contributed by atoms with van der Waals surface area (Å²) in [7, 11) is 2.20. The maximum atomic E-state index is 4.39. The largest absolute Gasteiger partial charge is 0.383 e. The molecule has 6 nitrogen and oxygen atoms in total. The normalized spacial score (nSPS) is 19.9. The Bertz CT molecular complexity index is 521. The van der Waals surface area contributed by atoms with E-state index >= 15 is 0 Å². The maximum absolute atomic E-state index is 4.39. The van der Waals surface area contributed by atoms with Crippen LogP contribution in [-0.2, 0) is 0 Å². The van der Waals surface area contributed by atoms with Gasteiger partial charge >= 0.3 is 0 Å². The van der Waals surface area contributed by atoms with Gasteiger partial charge in [-0.25, -0.2) is 14.6 Å². The summed E-state index contributed by atoms with van der Waals surface area (Å²) in [6, 6.07) is 3.99. The van der Waals surface area contributed by atoms with Crippen LogP contribution in [0.5, 0.6) is 0 Å². The highest BCUT2D eigenvalue weighted by Gasteiger charge is 2.16. The zero-order chi connectivity index (χ0) is 13.8. The fraction of sp³-hybridized carbons (Fsp3) is 0.500. The van der Waals surface area contributed by atoms with Crippen LogP contribution < -0.4 is 5.32 Å². The third-order valence-corrected chi connectivity index (χ3v) is 3.72. The Morgan fingerprint density at radius 3 is 3.05 bits per heavy atom. The van der Waals surface area contributed by atoms with Crippen molar-refractivity contribution in [2.45, 2.75) is 12.8 Å². The minimum atomic E-state index is 0.726. The number of likely N-dealkylation sites (tertiary alicyclic amines) is 1. The maximum Gasteiger partial charge on any atom is 0.155 e. The lowest BCUT2D eigenvalue weighted by Gasteiger charge is -2.29. The summed E-state index contributed by atoms with van der Waals surface area (Å²) in [5.41, 5.74) is 1.06. The summed E-state index contributed by atoms with van der Waals surface area (Å²) in [6.45, 7) is 3.41. The minimum Gasteiger partial charge on any atom is -0.383 e. The fourth-order valence-corrected chi connectivity index (χ4v) is 2.65. The quantitative estimate of drug-likeness (QED) is 0.912. The van der Waals surface area contributed by atoms with Crippen LogP contribution >= 0.6 is 0 Å². The lowest BCUT2D eigenvalue weighted by atomic mass is 9.98. The first-order valence-electron chi connectivity index (χ1n) is 7.05. The predicted molar refractivity (Wildman–Crippen MR) is 77.9 cm³/mol. The Hall–Kier alpha value is -1.95. The molecule has 0 radical (unpaired) electrons. The highest BCUT2D eigenvalue weighted by atomic mass is 15.3. The number of nitrogens with one attached hydrogen (secondary N) is 1. The van der Waals surface area contributed by atoms with Crippen molar-refractivity contribution in [3.8, 4) is 5.82 Å². The average Bonchev–Trinajstić information content (AvgIpc) is 3.00. The van der Waals surface area contributed by atoms with E-state index in [1.54, 1.807) is 11.0 Å². The molecule has 0 aliphatic carbocycles. The highest BCUT2D eigenvalue weighted by Crippen LogP contribution is 2.16. The van der Waals surface area contributed by atoms with Crippen LogP contribution in [0.25, 0.3) is 5.82 Å². The van der Waals surface area contributed by atoms with Gasteiger partial charge in [-0.2, -0.15) is 5.10 Å². The topological polar surface area (TPSA) is 58.9 Å². The van der Waals surface area contributed by atoms with Crippen LogP contribution in [0.1, 0.15) is 12.8 Å². The molecule has 6 heteroatoms. The molecule has 0 spiro atoms. The van der Waals surface area contributed by atoms with E-state index in [0.717, 1.165) is 24.0 Å². The summed E-state index contributed by atoms with van der Waals surface area (Å²) in [5.74, 6) is 1.51. The molecule has 106 valence electrons. The molecule has 2 aromatic heterocycles. The van der Waals surface area contributed by atoms with E-state index in [-0.39, 0.29) is 0 Å². The molecule has 0 amide bonds. The molecule has 1 saturated heterocycles. The van der Waals surface area contributed by atoms with Crippen molar-refractivity contribution in [1.29, 1.82) is 0 Å². The summed E-state index contributed by atoms with van der Waals surface area (Å²) >= 11 is 0. The second-order valence-corrected chi connectivity index (χ2v) is 5.40. The van der Waals surface area contributed by atoms with Gasteiger partial charge in [0.15, 0.2) is 5.82 Å². The second-order valence-electron chi connectivity index (χ2n) is 5.40. The van der Waals surface area contributed by atoms with Crippen LogP contribution in [0, 0.1) is 5.92 Å². The van der Waals surface area contributed by atoms with Gasteiger partial charge in [-0.3, -0.25) is 0 Å². The number of aromatic nitrogens is 4. The Labute approximate surface area is 118 Å². The number of rotatable bonds is 4. The van der Waals surface area contributed by atoms with E-state index in [1.165, 1.54) is 32.3 Å². The summed E-state index contributed by atoms with van der Waals surface area (Å²) < 4.78 is 1.65. The van der Waals surface area contributed by atoms with E-state index < -0.39 is 0 Å². The second kappa shape index (κ2) is 6.00. The predicted octanol–water partition coefficient (Wildman–Crippen LogP) is 1.42. The summed E-state index contributed by atoms with van der Waals surface area (Å²) in [4.78, 5) is 10.7. The van der Waals surface area contributed by atoms with Crippen molar-refractivity contribution in [2.24, 2.45) is 5.92 Å². The van der Waals surface area contributed by atoms with E-state index in [1.807, 2.05) is 18.3 Å². The number of anilines is 1. The Morgan fingerprint density at radius 1 is 1.40 bits per heavy atom. The van der Waals surface area contributed by atoms with Crippen LogP contribution in [0.3, 0.4) is 0 Å². The summed E-state index contributed by atoms with van der Waals surface area (Å²) in [5, 5.41) is 7.53. The molecule has 1 aliphatic heterocycles. The van der Waals surface area contributed by atoms with Gasteiger partial charge < -0.3 is 10.2 Å². The molecule has 2 aromatic rings. The lowest BCUT2D eigenvalue weighted by molar-refractivity contribution is 0.217. The number of piperidine rings is 1. The molecular weight excluding hydrogens is 252 g/mol. The molecule has 1 N–H and O–H groups in total.